The molecular weight excluding hydrogens is 350 g/mol. The van der Waals surface area contributed by atoms with E-state index in [0.717, 1.165) is 6.08 Å². The zero-order valence-electron chi connectivity index (χ0n) is 13.6. The average Bonchev–Trinajstić information content (AvgIpc) is 2.59. The Labute approximate surface area is 145 Å². The maximum absolute atomic E-state index is 12.9. The van der Waals surface area contributed by atoms with Crippen molar-refractivity contribution >= 4 is 28.0 Å². The van der Waals surface area contributed by atoms with Crippen LogP contribution in [0.15, 0.2) is 29.2 Å². The molecule has 0 unspecified atom stereocenters. The van der Waals surface area contributed by atoms with Crippen LogP contribution in [0.4, 0.5) is 0 Å². The molecule has 2 rings (SSSR count). The summed E-state index contributed by atoms with van der Waals surface area (Å²) < 4.78 is 32.1. The van der Waals surface area contributed by atoms with E-state index in [9.17, 15) is 18.0 Å². The summed E-state index contributed by atoms with van der Waals surface area (Å²) in [5.74, 6) is -2.46. The van der Waals surface area contributed by atoms with Gasteiger partial charge in [0.05, 0.1) is 13.0 Å². The quantitative estimate of drug-likeness (QED) is 0.724. The molecule has 1 aromatic rings. The van der Waals surface area contributed by atoms with Crippen LogP contribution in [0, 0.1) is 5.92 Å². The summed E-state index contributed by atoms with van der Waals surface area (Å²) in [4.78, 5) is 21.6. The maximum Gasteiger partial charge on any atom is 0.328 e. The third-order valence-electron chi connectivity index (χ3n) is 4.03. The van der Waals surface area contributed by atoms with Crippen molar-refractivity contribution in [3.05, 3.63) is 29.8 Å². The second kappa shape index (κ2) is 7.66. The van der Waals surface area contributed by atoms with Crippen molar-refractivity contribution in [3.8, 4) is 5.75 Å². The van der Waals surface area contributed by atoms with Crippen molar-refractivity contribution in [2.75, 3.05) is 20.2 Å². The maximum atomic E-state index is 12.9. The van der Waals surface area contributed by atoms with Crippen LogP contribution < -0.4 is 4.74 Å². The Balaban J connectivity index is 2.33. The van der Waals surface area contributed by atoms with Crippen molar-refractivity contribution in [1.29, 1.82) is 0 Å². The van der Waals surface area contributed by atoms with Crippen LogP contribution >= 0.6 is 0 Å². The van der Waals surface area contributed by atoms with Gasteiger partial charge in [0.15, 0.2) is 0 Å². The highest BCUT2D eigenvalue weighted by atomic mass is 32.2. The highest BCUT2D eigenvalue weighted by Crippen LogP contribution is 2.31. The molecule has 0 aromatic heterocycles. The van der Waals surface area contributed by atoms with Crippen LogP contribution in [0.1, 0.15) is 18.4 Å². The Kier molecular flexibility index (Phi) is 5.81. The second-order valence-electron chi connectivity index (χ2n) is 5.60. The fourth-order valence-electron chi connectivity index (χ4n) is 2.65. The Morgan fingerprint density at radius 1 is 1.24 bits per heavy atom. The minimum absolute atomic E-state index is 0.0729. The smallest absolute Gasteiger partial charge is 0.328 e. The number of carboxylic acid groups (broad SMARTS) is 2. The van der Waals surface area contributed by atoms with E-state index in [1.807, 2.05) is 0 Å². The molecule has 0 atom stereocenters. The lowest BCUT2D eigenvalue weighted by Gasteiger charge is -2.29. The van der Waals surface area contributed by atoms with Gasteiger partial charge in [0, 0.05) is 19.2 Å². The molecule has 1 saturated heterocycles. The Bertz CT molecular complexity index is 793. The van der Waals surface area contributed by atoms with Crippen molar-refractivity contribution in [1.82, 2.24) is 4.31 Å². The number of ether oxygens (including phenoxy) is 1. The molecule has 1 heterocycles. The number of hydrogen-bond acceptors (Lipinski definition) is 5. The first-order valence-corrected chi connectivity index (χ1v) is 9.01. The van der Waals surface area contributed by atoms with Gasteiger partial charge in [0.1, 0.15) is 10.6 Å². The fraction of sp³-hybridized carbons (Fsp3) is 0.375. The number of hydrogen-bond donors (Lipinski definition) is 2. The van der Waals surface area contributed by atoms with Gasteiger partial charge in [-0.25, -0.2) is 13.2 Å². The molecule has 136 valence electrons. The zero-order chi connectivity index (χ0) is 18.6. The van der Waals surface area contributed by atoms with Gasteiger partial charge in [-0.1, -0.05) is 6.07 Å². The van der Waals surface area contributed by atoms with Gasteiger partial charge in [-0.3, -0.25) is 4.79 Å². The predicted octanol–water partition coefficient (Wildman–Crippen LogP) is 1.28. The van der Waals surface area contributed by atoms with Gasteiger partial charge in [0.25, 0.3) is 0 Å². The summed E-state index contributed by atoms with van der Waals surface area (Å²) in [6.07, 6.45) is 2.69. The Morgan fingerprint density at radius 3 is 2.40 bits per heavy atom. The van der Waals surface area contributed by atoms with Crippen LogP contribution in [0.5, 0.6) is 5.75 Å². The third kappa shape index (κ3) is 4.37. The molecule has 0 bridgehead atoms. The van der Waals surface area contributed by atoms with Crippen LogP contribution in [-0.4, -0.2) is 55.1 Å². The summed E-state index contributed by atoms with van der Waals surface area (Å²) in [7, 11) is -2.54. The molecule has 1 aliphatic rings. The van der Waals surface area contributed by atoms with Crippen molar-refractivity contribution in [3.63, 3.8) is 0 Å². The predicted molar refractivity (Wildman–Crippen MR) is 88.8 cm³/mol. The number of carboxylic acids is 2. The van der Waals surface area contributed by atoms with E-state index in [1.165, 1.54) is 29.6 Å². The van der Waals surface area contributed by atoms with E-state index in [-0.39, 0.29) is 36.6 Å². The minimum Gasteiger partial charge on any atom is -0.495 e. The summed E-state index contributed by atoms with van der Waals surface area (Å²) in [6.45, 7) is 0.218. The molecule has 9 heteroatoms. The molecule has 0 spiro atoms. The first-order chi connectivity index (χ1) is 11.8. The first-order valence-electron chi connectivity index (χ1n) is 7.57. The summed E-state index contributed by atoms with van der Waals surface area (Å²) in [5.41, 5.74) is 0.405. The minimum atomic E-state index is -3.88. The molecule has 0 saturated carbocycles. The highest BCUT2D eigenvalue weighted by molar-refractivity contribution is 7.89. The van der Waals surface area contributed by atoms with Gasteiger partial charge in [0.2, 0.25) is 10.0 Å². The van der Waals surface area contributed by atoms with Gasteiger partial charge in [-0.2, -0.15) is 4.31 Å². The SMILES string of the molecule is COc1ccc(/C=C/C(=O)O)cc1S(=O)(=O)N1CCC(C(=O)O)CC1. The number of methoxy groups -OCH3 is 1. The molecule has 8 nitrogen and oxygen atoms in total. The number of nitrogens with zero attached hydrogens (tertiary/aromatic N) is 1. The molecule has 2 N–H and O–H groups in total. The molecule has 0 amide bonds. The Hall–Kier alpha value is -2.39. The summed E-state index contributed by atoms with van der Waals surface area (Å²) in [6, 6.07) is 4.35. The van der Waals surface area contributed by atoms with Gasteiger partial charge in [-0.05, 0) is 36.6 Å². The first kappa shape index (κ1) is 18.9. The number of piperidine rings is 1. The third-order valence-corrected chi connectivity index (χ3v) is 5.95. The van der Waals surface area contributed by atoms with E-state index >= 15 is 0 Å². The lowest BCUT2D eigenvalue weighted by molar-refractivity contribution is -0.143. The van der Waals surface area contributed by atoms with Crippen LogP contribution in [0.3, 0.4) is 0 Å². The molecule has 0 radical (unpaired) electrons. The van der Waals surface area contributed by atoms with E-state index in [2.05, 4.69) is 0 Å². The molecular formula is C16H19NO7S. The van der Waals surface area contributed by atoms with Crippen molar-refractivity contribution < 1.29 is 33.0 Å². The molecule has 25 heavy (non-hydrogen) atoms. The van der Waals surface area contributed by atoms with Gasteiger partial charge in [-0.15, -0.1) is 0 Å². The Morgan fingerprint density at radius 2 is 1.88 bits per heavy atom. The van der Waals surface area contributed by atoms with E-state index in [1.54, 1.807) is 6.07 Å². The number of rotatable bonds is 6. The lowest BCUT2D eigenvalue weighted by Crippen LogP contribution is -2.40. The number of benzene rings is 1. The van der Waals surface area contributed by atoms with E-state index < -0.39 is 27.9 Å². The number of sulfonamides is 1. The fourth-order valence-corrected chi connectivity index (χ4v) is 4.31. The average molecular weight is 369 g/mol. The van der Waals surface area contributed by atoms with Crippen LogP contribution in [0.2, 0.25) is 0 Å². The second-order valence-corrected chi connectivity index (χ2v) is 7.50. The van der Waals surface area contributed by atoms with Gasteiger partial charge >= 0.3 is 11.9 Å². The number of aliphatic carboxylic acids is 2. The van der Waals surface area contributed by atoms with E-state index in [4.69, 9.17) is 14.9 Å². The molecule has 1 aromatic carbocycles. The lowest BCUT2D eigenvalue weighted by atomic mass is 9.99. The summed E-state index contributed by atoms with van der Waals surface area (Å²) in [5, 5.41) is 17.7. The standard InChI is InChI=1S/C16H19NO7S/c1-24-13-4-2-11(3-5-15(18)19)10-14(13)25(22,23)17-8-6-12(7-9-17)16(20)21/h2-5,10,12H,6-9H2,1H3,(H,18,19)(H,20,21)/b5-3+. The topological polar surface area (TPSA) is 121 Å². The number of carbonyl (C=O) groups is 2. The van der Waals surface area contributed by atoms with E-state index in [0.29, 0.717) is 5.56 Å². The monoisotopic (exact) mass is 369 g/mol. The van der Waals surface area contributed by atoms with Crippen LogP contribution in [0.25, 0.3) is 6.08 Å². The summed E-state index contributed by atoms with van der Waals surface area (Å²) >= 11 is 0. The molecule has 0 aliphatic carbocycles. The van der Waals surface area contributed by atoms with Crippen molar-refractivity contribution in [2.45, 2.75) is 17.7 Å². The largest absolute Gasteiger partial charge is 0.495 e. The normalized spacial score (nSPS) is 16.8. The highest BCUT2D eigenvalue weighted by Gasteiger charge is 2.33. The molecule has 1 aliphatic heterocycles. The van der Waals surface area contributed by atoms with Crippen molar-refractivity contribution in [2.24, 2.45) is 5.92 Å². The zero-order valence-corrected chi connectivity index (χ0v) is 14.4. The molecule has 1 fully saturated rings. The van der Waals surface area contributed by atoms with Crippen LogP contribution in [-0.2, 0) is 19.6 Å². The van der Waals surface area contributed by atoms with Gasteiger partial charge < -0.3 is 14.9 Å².